The zero-order chi connectivity index (χ0) is 15.0. The van der Waals surface area contributed by atoms with Crippen LogP contribution in [0.1, 0.15) is 23.2 Å². The molecule has 110 valence electrons. The highest BCUT2D eigenvalue weighted by Crippen LogP contribution is 2.32. The molecule has 2 amide bonds. The number of rotatable bonds is 5. The first-order chi connectivity index (χ1) is 10.0. The fourth-order valence-corrected chi connectivity index (χ4v) is 2.20. The molecule has 3 rings (SSSR count). The summed E-state index contributed by atoms with van der Waals surface area (Å²) >= 11 is 0. The van der Waals surface area contributed by atoms with E-state index in [9.17, 15) is 14.7 Å². The summed E-state index contributed by atoms with van der Waals surface area (Å²) in [6.07, 6.45) is 2.39. The van der Waals surface area contributed by atoms with Crippen LogP contribution in [0.15, 0.2) is 18.2 Å². The molecule has 0 unspecified atom stereocenters. The first-order valence-corrected chi connectivity index (χ1v) is 6.63. The number of nitrogens with one attached hydrogen (secondary N) is 2. The minimum Gasteiger partial charge on any atom is -0.493 e. The number of anilines is 1. The summed E-state index contributed by atoms with van der Waals surface area (Å²) in [5.74, 6) is 0.227. The standard InChI is InChI=1S/C14H15N3O4/c15-14(20)17-12-11(13(18)19)9-4-3-8(5-10(9)16-12)21-6-7-1-2-7/h3-5,7,16H,1-2,6H2,(H,18,19)(H3,15,17,20). The van der Waals surface area contributed by atoms with E-state index < -0.39 is 12.0 Å². The highest BCUT2D eigenvalue weighted by Gasteiger charge is 2.22. The number of urea groups is 1. The third-order valence-electron chi connectivity index (χ3n) is 3.41. The number of aromatic nitrogens is 1. The number of amides is 2. The molecule has 1 aromatic heterocycles. The number of ether oxygens (including phenoxy) is 1. The number of aromatic carboxylic acids is 1. The molecule has 0 spiro atoms. The molecule has 7 nitrogen and oxygen atoms in total. The van der Waals surface area contributed by atoms with Gasteiger partial charge in [0.1, 0.15) is 17.1 Å². The zero-order valence-electron chi connectivity index (χ0n) is 11.2. The number of carbonyl (C=O) groups excluding carboxylic acids is 1. The van der Waals surface area contributed by atoms with Crippen LogP contribution in [0.4, 0.5) is 10.6 Å². The fraction of sp³-hybridized carbons (Fsp3) is 0.286. The molecular formula is C14H15N3O4. The van der Waals surface area contributed by atoms with Crippen LogP contribution in [0.5, 0.6) is 5.75 Å². The molecule has 1 fully saturated rings. The number of fused-ring (bicyclic) bond motifs is 1. The number of primary amides is 1. The Morgan fingerprint density at radius 1 is 1.43 bits per heavy atom. The van der Waals surface area contributed by atoms with Gasteiger partial charge in [-0.05, 0) is 30.9 Å². The maximum absolute atomic E-state index is 11.3. The summed E-state index contributed by atoms with van der Waals surface area (Å²) in [6.45, 7) is 0.671. The third kappa shape index (κ3) is 2.76. The lowest BCUT2D eigenvalue weighted by Crippen LogP contribution is -2.20. The van der Waals surface area contributed by atoms with Gasteiger partial charge in [-0.1, -0.05) is 0 Å². The number of nitrogens with two attached hydrogens (primary N) is 1. The molecule has 1 heterocycles. The Morgan fingerprint density at radius 2 is 2.19 bits per heavy atom. The van der Waals surface area contributed by atoms with Gasteiger partial charge < -0.3 is 20.6 Å². The summed E-state index contributed by atoms with van der Waals surface area (Å²) in [7, 11) is 0. The van der Waals surface area contributed by atoms with Crippen LogP contribution < -0.4 is 15.8 Å². The minimum absolute atomic E-state index is 0.0162. The van der Waals surface area contributed by atoms with Gasteiger partial charge in [-0.15, -0.1) is 0 Å². The largest absolute Gasteiger partial charge is 0.493 e. The molecule has 0 atom stereocenters. The van der Waals surface area contributed by atoms with Crippen molar-refractivity contribution in [1.29, 1.82) is 0 Å². The molecule has 21 heavy (non-hydrogen) atoms. The first-order valence-electron chi connectivity index (χ1n) is 6.63. The lowest BCUT2D eigenvalue weighted by molar-refractivity contribution is 0.0700. The topological polar surface area (TPSA) is 117 Å². The Labute approximate surface area is 120 Å². The highest BCUT2D eigenvalue weighted by atomic mass is 16.5. The van der Waals surface area contributed by atoms with Crippen molar-refractivity contribution < 1.29 is 19.4 Å². The van der Waals surface area contributed by atoms with Crippen LogP contribution >= 0.6 is 0 Å². The van der Waals surface area contributed by atoms with Crippen LogP contribution in [0, 0.1) is 5.92 Å². The Hall–Kier alpha value is -2.70. The van der Waals surface area contributed by atoms with Gasteiger partial charge in [-0.25, -0.2) is 9.59 Å². The molecule has 1 aromatic carbocycles. The maximum Gasteiger partial charge on any atom is 0.340 e. The molecule has 5 N–H and O–H groups in total. The second-order valence-corrected chi connectivity index (χ2v) is 5.13. The van der Waals surface area contributed by atoms with Crippen molar-refractivity contribution in [2.45, 2.75) is 12.8 Å². The van der Waals surface area contributed by atoms with Gasteiger partial charge in [-0.3, -0.25) is 5.32 Å². The van der Waals surface area contributed by atoms with Crippen molar-refractivity contribution in [2.75, 3.05) is 11.9 Å². The fourth-order valence-electron chi connectivity index (χ4n) is 2.20. The van der Waals surface area contributed by atoms with Crippen LogP contribution in [-0.4, -0.2) is 28.7 Å². The van der Waals surface area contributed by atoms with E-state index in [1.54, 1.807) is 18.2 Å². The van der Waals surface area contributed by atoms with Crippen molar-refractivity contribution in [2.24, 2.45) is 11.7 Å². The van der Waals surface area contributed by atoms with Gasteiger partial charge in [0.25, 0.3) is 0 Å². The Bertz CT molecular complexity index is 718. The number of hydrogen-bond donors (Lipinski definition) is 4. The number of H-pyrrole nitrogens is 1. The lowest BCUT2D eigenvalue weighted by atomic mass is 10.1. The van der Waals surface area contributed by atoms with E-state index in [0.717, 1.165) is 0 Å². The van der Waals surface area contributed by atoms with Gasteiger partial charge in [0.05, 0.1) is 12.1 Å². The predicted molar refractivity (Wildman–Crippen MR) is 76.7 cm³/mol. The monoisotopic (exact) mass is 289 g/mol. The van der Waals surface area contributed by atoms with Crippen molar-refractivity contribution in [3.63, 3.8) is 0 Å². The Balaban J connectivity index is 1.96. The van der Waals surface area contributed by atoms with E-state index >= 15 is 0 Å². The van der Waals surface area contributed by atoms with E-state index in [0.29, 0.717) is 29.2 Å². The number of hydrogen-bond acceptors (Lipinski definition) is 3. The third-order valence-corrected chi connectivity index (χ3v) is 3.41. The molecule has 1 aliphatic rings. The summed E-state index contributed by atoms with van der Waals surface area (Å²) in [6, 6.07) is 4.27. The smallest absolute Gasteiger partial charge is 0.340 e. The normalized spacial score (nSPS) is 14.1. The van der Waals surface area contributed by atoms with Gasteiger partial charge in [0.2, 0.25) is 0 Å². The molecule has 0 bridgehead atoms. The van der Waals surface area contributed by atoms with Crippen LogP contribution in [-0.2, 0) is 0 Å². The predicted octanol–water partition coefficient (Wildman–Crippen LogP) is 2.15. The van der Waals surface area contributed by atoms with Crippen LogP contribution in [0.25, 0.3) is 10.9 Å². The molecular weight excluding hydrogens is 274 g/mol. The van der Waals surface area contributed by atoms with Gasteiger partial charge >= 0.3 is 12.0 Å². The average Bonchev–Trinajstić information content (AvgIpc) is 3.16. The maximum atomic E-state index is 11.3. The van der Waals surface area contributed by atoms with Crippen molar-refractivity contribution >= 4 is 28.7 Å². The van der Waals surface area contributed by atoms with E-state index in [-0.39, 0.29) is 11.4 Å². The van der Waals surface area contributed by atoms with Crippen LogP contribution in [0.3, 0.4) is 0 Å². The van der Waals surface area contributed by atoms with Crippen molar-refractivity contribution in [3.8, 4) is 5.75 Å². The number of carbonyl (C=O) groups is 2. The molecule has 7 heteroatoms. The SMILES string of the molecule is NC(=O)Nc1[nH]c2cc(OCC3CC3)ccc2c1C(=O)O. The molecule has 2 aromatic rings. The minimum atomic E-state index is -1.14. The molecule has 0 saturated heterocycles. The van der Waals surface area contributed by atoms with E-state index in [2.05, 4.69) is 10.3 Å². The summed E-state index contributed by atoms with van der Waals surface area (Å²) in [5, 5.41) is 12.1. The van der Waals surface area contributed by atoms with Gasteiger partial charge in [-0.2, -0.15) is 0 Å². The zero-order valence-corrected chi connectivity index (χ0v) is 11.2. The summed E-state index contributed by atoms with van der Waals surface area (Å²) in [4.78, 5) is 25.1. The lowest BCUT2D eigenvalue weighted by Gasteiger charge is -2.04. The molecule has 0 radical (unpaired) electrons. The van der Waals surface area contributed by atoms with Gasteiger partial charge in [0, 0.05) is 11.5 Å². The van der Waals surface area contributed by atoms with Crippen molar-refractivity contribution in [1.82, 2.24) is 4.98 Å². The number of benzene rings is 1. The van der Waals surface area contributed by atoms with Crippen LogP contribution in [0.2, 0.25) is 0 Å². The Morgan fingerprint density at radius 3 is 2.81 bits per heavy atom. The summed E-state index contributed by atoms with van der Waals surface area (Å²) in [5.41, 5.74) is 5.60. The van der Waals surface area contributed by atoms with E-state index in [1.165, 1.54) is 12.8 Å². The quantitative estimate of drug-likeness (QED) is 0.674. The highest BCUT2D eigenvalue weighted by molar-refractivity contribution is 6.10. The number of carboxylic acids is 1. The Kier molecular flexibility index (Phi) is 3.17. The van der Waals surface area contributed by atoms with E-state index in [1.807, 2.05) is 0 Å². The second kappa shape index (κ2) is 5.01. The van der Waals surface area contributed by atoms with E-state index in [4.69, 9.17) is 10.5 Å². The average molecular weight is 289 g/mol. The molecule has 1 aliphatic carbocycles. The number of aromatic amines is 1. The molecule has 1 saturated carbocycles. The van der Waals surface area contributed by atoms with Gasteiger partial charge in [0.15, 0.2) is 0 Å². The van der Waals surface area contributed by atoms with Crippen molar-refractivity contribution in [3.05, 3.63) is 23.8 Å². The first kappa shape index (κ1) is 13.3. The summed E-state index contributed by atoms with van der Waals surface area (Å²) < 4.78 is 5.65. The molecule has 0 aliphatic heterocycles. The second-order valence-electron chi connectivity index (χ2n) is 5.13. The number of carboxylic acid groups (broad SMARTS) is 1.